The van der Waals surface area contributed by atoms with Gasteiger partial charge in [0.2, 0.25) is 0 Å². The van der Waals surface area contributed by atoms with Crippen molar-refractivity contribution in [1.29, 1.82) is 0 Å². The number of rotatable bonds is 11. The van der Waals surface area contributed by atoms with Gasteiger partial charge in [0.1, 0.15) is 5.75 Å². The molecule has 0 fully saturated rings. The van der Waals surface area contributed by atoms with Gasteiger partial charge in [0.15, 0.2) is 0 Å². The fraction of sp³-hybridized carbons (Fsp3) is 0.647. The predicted molar refractivity (Wildman–Crippen MR) is 92.2 cm³/mol. The molecule has 1 aromatic carbocycles. The van der Waals surface area contributed by atoms with E-state index in [2.05, 4.69) is 22.9 Å². The monoisotopic (exact) mass is 360 g/mol. The van der Waals surface area contributed by atoms with Crippen molar-refractivity contribution in [3.8, 4) is 5.75 Å². The lowest BCUT2D eigenvalue weighted by atomic mass is 10.1. The Morgan fingerprint density at radius 3 is 2.30 bits per heavy atom. The fourth-order valence-electron chi connectivity index (χ4n) is 2.22. The van der Waals surface area contributed by atoms with Crippen LogP contribution in [-0.2, 0) is 5.33 Å². The van der Waals surface area contributed by atoms with Gasteiger partial charge in [-0.2, -0.15) is 0 Å². The molecule has 20 heavy (non-hydrogen) atoms. The van der Waals surface area contributed by atoms with E-state index in [1.54, 1.807) is 0 Å². The molecule has 3 heteroatoms. The zero-order valence-electron chi connectivity index (χ0n) is 12.5. The standard InChI is InChI=1S/C17H26BrClO/c1-2-3-4-5-6-7-8-9-13-20-17-12-10-11-16(19)15(17)14-18/h10-12H,2-9,13-14H2,1H3. The molecule has 114 valence electrons. The van der Waals surface area contributed by atoms with Crippen LogP contribution < -0.4 is 4.74 Å². The van der Waals surface area contributed by atoms with Crippen LogP contribution in [0.15, 0.2) is 18.2 Å². The highest BCUT2D eigenvalue weighted by molar-refractivity contribution is 9.08. The first kappa shape index (κ1) is 17.8. The summed E-state index contributed by atoms with van der Waals surface area (Å²) in [5.74, 6) is 0.914. The highest BCUT2D eigenvalue weighted by Gasteiger charge is 2.06. The third kappa shape index (κ3) is 6.99. The SMILES string of the molecule is CCCCCCCCCCOc1cccc(Cl)c1CBr. The van der Waals surface area contributed by atoms with Gasteiger partial charge in [0, 0.05) is 15.9 Å². The summed E-state index contributed by atoms with van der Waals surface area (Å²) in [4.78, 5) is 0. The largest absolute Gasteiger partial charge is 0.493 e. The topological polar surface area (TPSA) is 9.23 Å². The first-order valence-electron chi connectivity index (χ1n) is 7.75. The van der Waals surface area contributed by atoms with Crippen LogP contribution in [0.25, 0.3) is 0 Å². The van der Waals surface area contributed by atoms with Crippen LogP contribution in [-0.4, -0.2) is 6.61 Å². The van der Waals surface area contributed by atoms with Gasteiger partial charge >= 0.3 is 0 Å². The Morgan fingerprint density at radius 2 is 1.65 bits per heavy atom. The number of hydrogen-bond donors (Lipinski definition) is 0. The highest BCUT2D eigenvalue weighted by Crippen LogP contribution is 2.28. The maximum atomic E-state index is 6.14. The molecule has 0 amide bonds. The van der Waals surface area contributed by atoms with Gasteiger partial charge in [-0.3, -0.25) is 0 Å². The van der Waals surface area contributed by atoms with Crippen molar-refractivity contribution in [2.45, 2.75) is 63.6 Å². The minimum atomic E-state index is 0.736. The molecule has 0 N–H and O–H groups in total. The van der Waals surface area contributed by atoms with E-state index in [4.69, 9.17) is 16.3 Å². The molecule has 0 aliphatic heterocycles. The maximum absolute atomic E-state index is 6.14. The highest BCUT2D eigenvalue weighted by atomic mass is 79.9. The number of unbranched alkanes of at least 4 members (excludes halogenated alkanes) is 7. The van der Waals surface area contributed by atoms with E-state index in [-0.39, 0.29) is 0 Å². The van der Waals surface area contributed by atoms with Crippen molar-refractivity contribution in [3.05, 3.63) is 28.8 Å². The minimum Gasteiger partial charge on any atom is -0.493 e. The molecule has 0 radical (unpaired) electrons. The van der Waals surface area contributed by atoms with Crippen LogP contribution in [0.5, 0.6) is 5.75 Å². The number of ether oxygens (including phenoxy) is 1. The Hall–Kier alpha value is -0.210. The molecule has 0 saturated heterocycles. The summed E-state index contributed by atoms with van der Waals surface area (Å²) in [6.07, 6.45) is 10.6. The summed E-state index contributed by atoms with van der Waals surface area (Å²) in [5.41, 5.74) is 1.05. The first-order chi connectivity index (χ1) is 9.79. The van der Waals surface area contributed by atoms with Gasteiger partial charge in [-0.1, -0.05) is 85.5 Å². The summed E-state index contributed by atoms with van der Waals surface area (Å²) in [6.45, 7) is 3.05. The van der Waals surface area contributed by atoms with Gasteiger partial charge in [-0.05, 0) is 18.6 Å². The number of benzene rings is 1. The number of alkyl halides is 1. The van der Waals surface area contributed by atoms with E-state index < -0.39 is 0 Å². The van der Waals surface area contributed by atoms with E-state index in [0.717, 1.165) is 34.7 Å². The molecular weight excluding hydrogens is 336 g/mol. The molecule has 0 saturated carbocycles. The summed E-state index contributed by atoms with van der Waals surface area (Å²) < 4.78 is 5.84. The molecule has 0 unspecified atom stereocenters. The second-order valence-corrected chi connectivity index (χ2v) is 6.14. The Balaban J connectivity index is 2.11. The van der Waals surface area contributed by atoms with Crippen molar-refractivity contribution in [2.24, 2.45) is 0 Å². The molecule has 0 aliphatic carbocycles. The number of halogens is 2. The zero-order valence-corrected chi connectivity index (χ0v) is 14.8. The third-order valence-corrected chi connectivity index (χ3v) is 4.38. The third-order valence-electron chi connectivity index (χ3n) is 3.46. The van der Waals surface area contributed by atoms with Crippen molar-refractivity contribution in [2.75, 3.05) is 6.61 Å². The van der Waals surface area contributed by atoms with Crippen molar-refractivity contribution < 1.29 is 4.74 Å². The molecule has 1 nitrogen and oxygen atoms in total. The Labute approximate surface area is 137 Å². The lowest BCUT2D eigenvalue weighted by Gasteiger charge is -2.11. The average Bonchev–Trinajstić information content (AvgIpc) is 2.45. The lowest BCUT2D eigenvalue weighted by molar-refractivity contribution is 0.302. The van der Waals surface area contributed by atoms with Crippen molar-refractivity contribution in [3.63, 3.8) is 0 Å². The lowest BCUT2D eigenvalue weighted by Crippen LogP contribution is -2.00. The van der Waals surface area contributed by atoms with Gasteiger partial charge < -0.3 is 4.74 Å². The molecular formula is C17H26BrClO. The van der Waals surface area contributed by atoms with E-state index >= 15 is 0 Å². The normalized spacial score (nSPS) is 10.8. The van der Waals surface area contributed by atoms with Gasteiger partial charge in [-0.15, -0.1) is 0 Å². The van der Waals surface area contributed by atoms with Crippen molar-refractivity contribution >= 4 is 27.5 Å². The second kappa shape index (κ2) is 11.4. The van der Waals surface area contributed by atoms with Crippen LogP contribution in [0.2, 0.25) is 5.02 Å². The molecule has 1 rings (SSSR count). The van der Waals surface area contributed by atoms with Crippen LogP contribution in [0, 0.1) is 0 Å². The molecule has 0 aromatic heterocycles. The number of hydrogen-bond acceptors (Lipinski definition) is 1. The van der Waals surface area contributed by atoms with Gasteiger partial charge in [-0.25, -0.2) is 0 Å². The molecule has 0 bridgehead atoms. The first-order valence-corrected chi connectivity index (χ1v) is 9.25. The molecule has 0 aliphatic rings. The molecule has 0 spiro atoms. The molecule has 0 atom stereocenters. The summed E-state index contributed by atoms with van der Waals surface area (Å²) in [7, 11) is 0. The van der Waals surface area contributed by atoms with Gasteiger partial charge in [0.05, 0.1) is 6.61 Å². The summed E-state index contributed by atoms with van der Waals surface area (Å²) in [6, 6.07) is 5.84. The predicted octanol–water partition coefficient (Wildman–Crippen LogP) is 6.75. The Kier molecular flexibility index (Phi) is 10.2. The van der Waals surface area contributed by atoms with Crippen LogP contribution in [0.4, 0.5) is 0 Å². The summed E-state index contributed by atoms with van der Waals surface area (Å²) in [5, 5.41) is 1.51. The quantitative estimate of drug-likeness (QED) is 0.313. The van der Waals surface area contributed by atoms with E-state index in [1.807, 2.05) is 18.2 Å². The van der Waals surface area contributed by atoms with Crippen LogP contribution >= 0.6 is 27.5 Å². The van der Waals surface area contributed by atoms with E-state index in [1.165, 1.54) is 44.9 Å². The Bertz CT molecular complexity index is 368. The Morgan fingerprint density at radius 1 is 1.00 bits per heavy atom. The second-order valence-electron chi connectivity index (χ2n) is 5.17. The summed E-state index contributed by atoms with van der Waals surface area (Å²) >= 11 is 9.60. The molecule has 0 heterocycles. The minimum absolute atomic E-state index is 0.736. The van der Waals surface area contributed by atoms with Crippen LogP contribution in [0.3, 0.4) is 0 Å². The zero-order chi connectivity index (χ0) is 14.6. The maximum Gasteiger partial charge on any atom is 0.124 e. The van der Waals surface area contributed by atoms with Crippen LogP contribution in [0.1, 0.15) is 63.9 Å². The van der Waals surface area contributed by atoms with E-state index in [0.29, 0.717) is 0 Å². The van der Waals surface area contributed by atoms with Crippen molar-refractivity contribution in [1.82, 2.24) is 0 Å². The van der Waals surface area contributed by atoms with E-state index in [9.17, 15) is 0 Å². The fourth-order valence-corrected chi connectivity index (χ4v) is 3.19. The average molecular weight is 362 g/mol. The van der Waals surface area contributed by atoms with Gasteiger partial charge in [0.25, 0.3) is 0 Å². The smallest absolute Gasteiger partial charge is 0.124 e. The molecule has 1 aromatic rings.